The maximum Gasteiger partial charge on any atom is 0.0613 e. The van der Waals surface area contributed by atoms with Crippen LogP contribution in [0.2, 0.25) is 0 Å². The molecular weight excluding hydrogens is 206 g/mol. The lowest BCUT2D eigenvalue weighted by molar-refractivity contribution is 0.173. The van der Waals surface area contributed by atoms with E-state index in [0.717, 1.165) is 24.0 Å². The normalized spacial score (nSPS) is 33.2. The molecule has 0 aliphatic heterocycles. The van der Waals surface area contributed by atoms with Crippen LogP contribution in [0.4, 0.5) is 0 Å². The molecule has 0 aromatic rings. The summed E-state index contributed by atoms with van der Waals surface area (Å²) in [6, 6.07) is 0. The van der Waals surface area contributed by atoms with E-state index in [4.69, 9.17) is 0 Å². The van der Waals surface area contributed by atoms with E-state index in [1.54, 1.807) is 0 Å². The van der Waals surface area contributed by atoms with E-state index in [9.17, 15) is 5.11 Å². The van der Waals surface area contributed by atoms with Crippen LogP contribution >= 0.6 is 11.8 Å². The first-order valence-corrected chi connectivity index (χ1v) is 7.12. The minimum absolute atomic E-state index is 0.0210. The minimum Gasteiger partial charge on any atom is -0.394 e. The zero-order chi connectivity index (χ0) is 11.3. The molecule has 1 fully saturated rings. The van der Waals surface area contributed by atoms with Crippen molar-refractivity contribution in [2.45, 2.75) is 50.3 Å². The fourth-order valence-corrected chi connectivity index (χ4v) is 3.65. The van der Waals surface area contributed by atoms with Crippen molar-refractivity contribution in [3.05, 3.63) is 0 Å². The SMILES string of the molecule is CCC(C)CSC1CCC(CO)(NC)C1. The van der Waals surface area contributed by atoms with Crippen LogP contribution in [0.25, 0.3) is 0 Å². The topological polar surface area (TPSA) is 32.3 Å². The molecule has 0 radical (unpaired) electrons. The molecule has 2 nitrogen and oxygen atoms in total. The van der Waals surface area contributed by atoms with Gasteiger partial charge in [-0.2, -0.15) is 11.8 Å². The molecule has 1 saturated carbocycles. The van der Waals surface area contributed by atoms with Crippen LogP contribution in [0, 0.1) is 5.92 Å². The number of nitrogens with one attached hydrogen (secondary N) is 1. The van der Waals surface area contributed by atoms with Gasteiger partial charge in [0.05, 0.1) is 6.61 Å². The van der Waals surface area contributed by atoms with Crippen molar-refractivity contribution in [2.75, 3.05) is 19.4 Å². The van der Waals surface area contributed by atoms with Crippen molar-refractivity contribution in [3.8, 4) is 0 Å². The largest absolute Gasteiger partial charge is 0.394 e. The van der Waals surface area contributed by atoms with Gasteiger partial charge in [-0.3, -0.25) is 0 Å². The molecule has 90 valence electrons. The lowest BCUT2D eigenvalue weighted by Gasteiger charge is -2.26. The summed E-state index contributed by atoms with van der Waals surface area (Å²) in [6.07, 6.45) is 4.78. The van der Waals surface area contributed by atoms with E-state index < -0.39 is 0 Å². The third-order valence-corrected chi connectivity index (χ3v) is 5.34. The Morgan fingerprint density at radius 3 is 2.80 bits per heavy atom. The monoisotopic (exact) mass is 231 g/mol. The molecule has 0 aromatic carbocycles. The Morgan fingerprint density at radius 2 is 2.33 bits per heavy atom. The zero-order valence-corrected chi connectivity index (χ0v) is 11.1. The Balaban J connectivity index is 2.30. The highest BCUT2D eigenvalue weighted by atomic mass is 32.2. The molecule has 3 unspecified atom stereocenters. The van der Waals surface area contributed by atoms with Gasteiger partial charge in [-0.15, -0.1) is 0 Å². The molecule has 3 atom stereocenters. The number of hydrogen-bond donors (Lipinski definition) is 2. The first-order valence-electron chi connectivity index (χ1n) is 6.07. The summed E-state index contributed by atoms with van der Waals surface area (Å²) in [7, 11) is 1.97. The van der Waals surface area contributed by atoms with Gasteiger partial charge in [-0.05, 0) is 38.0 Å². The van der Waals surface area contributed by atoms with Gasteiger partial charge in [0.25, 0.3) is 0 Å². The van der Waals surface area contributed by atoms with Gasteiger partial charge in [-0.25, -0.2) is 0 Å². The van der Waals surface area contributed by atoms with Gasteiger partial charge in [0, 0.05) is 10.8 Å². The Labute approximate surface area is 98.2 Å². The number of rotatable bonds is 6. The lowest BCUT2D eigenvalue weighted by Crippen LogP contribution is -2.44. The number of likely N-dealkylation sites (N-methyl/N-ethyl adjacent to an activating group) is 1. The van der Waals surface area contributed by atoms with E-state index in [0.29, 0.717) is 0 Å². The third-order valence-electron chi connectivity index (χ3n) is 3.71. The standard InChI is InChI=1S/C12H25NOS/c1-4-10(2)8-15-11-5-6-12(7-11,9-14)13-3/h10-11,13-14H,4-9H2,1-3H3. The third kappa shape index (κ3) is 3.65. The predicted octanol–water partition coefficient (Wildman–Crippen LogP) is 2.27. The highest BCUT2D eigenvalue weighted by Gasteiger charge is 2.37. The Hall–Kier alpha value is 0.270. The molecule has 0 bridgehead atoms. The Bertz CT molecular complexity index is 182. The van der Waals surface area contributed by atoms with E-state index in [1.807, 2.05) is 7.05 Å². The van der Waals surface area contributed by atoms with Gasteiger partial charge >= 0.3 is 0 Å². The summed E-state index contributed by atoms with van der Waals surface area (Å²) in [5.74, 6) is 2.10. The maximum atomic E-state index is 9.39. The minimum atomic E-state index is 0.0210. The van der Waals surface area contributed by atoms with Crippen LogP contribution in [0.5, 0.6) is 0 Å². The van der Waals surface area contributed by atoms with Crippen LogP contribution < -0.4 is 5.32 Å². The zero-order valence-electron chi connectivity index (χ0n) is 10.3. The summed E-state index contributed by atoms with van der Waals surface area (Å²) in [5.41, 5.74) is 0.0210. The summed E-state index contributed by atoms with van der Waals surface area (Å²) in [6.45, 7) is 4.86. The molecule has 15 heavy (non-hydrogen) atoms. The van der Waals surface area contributed by atoms with Crippen molar-refractivity contribution >= 4 is 11.8 Å². The lowest BCUT2D eigenvalue weighted by atomic mass is 10.00. The molecule has 2 N–H and O–H groups in total. The van der Waals surface area contributed by atoms with Crippen LogP contribution in [-0.4, -0.2) is 35.3 Å². The van der Waals surface area contributed by atoms with Crippen LogP contribution in [0.3, 0.4) is 0 Å². The predicted molar refractivity (Wildman–Crippen MR) is 68.4 cm³/mol. The summed E-state index contributed by atoms with van der Waals surface area (Å²) >= 11 is 2.10. The van der Waals surface area contributed by atoms with Crippen molar-refractivity contribution in [2.24, 2.45) is 5.92 Å². The molecule has 0 spiro atoms. The molecule has 1 rings (SSSR count). The number of hydrogen-bond acceptors (Lipinski definition) is 3. The molecule has 0 aromatic heterocycles. The second-order valence-corrected chi connectivity index (χ2v) is 6.23. The van der Waals surface area contributed by atoms with E-state index in [2.05, 4.69) is 30.9 Å². The molecule has 0 amide bonds. The van der Waals surface area contributed by atoms with Gasteiger partial charge in [-0.1, -0.05) is 20.3 Å². The Morgan fingerprint density at radius 1 is 1.60 bits per heavy atom. The molecule has 3 heteroatoms. The van der Waals surface area contributed by atoms with Crippen molar-refractivity contribution in [1.82, 2.24) is 5.32 Å². The van der Waals surface area contributed by atoms with Crippen LogP contribution in [0.15, 0.2) is 0 Å². The second-order valence-electron chi connectivity index (χ2n) is 4.90. The van der Waals surface area contributed by atoms with Crippen LogP contribution in [0.1, 0.15) is 39.5 Å². The molecule has 1 aliphatic carbocycles. The summed E-state index contributed by atoms with van der Waals surface area (Å²) < 4.78 is 0. The van der Waals surface area contributed by atoms with Crippen molar-refractivity contribution in [1.29, 1.82) is 0 Å². The van der Waals surface area contributed by atoms with Gasteiger partial charge in [0.1, 0.15) is 0 Å². The molecular formula is C12H25NOS. The van der Waals surface area contributed by atoms with E-state index >= 15 is 0 Å². The smallest absolute Gasteiger partial charge is 0.0613 e. The first-order chi connectivity index (χ1) is 7.15. The van der Waals surface area contributed by atoms with Crippen LogP contribution in [-0.2, 0) is 0 Å². The average molecular weight is 231 g/mol. The average Bonchev–Trinajstić information content (AvgIpc) is 2.70. The van der Waals surface area contributed by atoms with Gasteiger partial charge in [0.15, 0.2) is 0 Å². The molecule has 0 heterocycles. The van der Waals surface area contributed by atoms with Crippen molar-refractivity contribution in [3.63, 3.8) is 0 Å². The summed E-state index contributed by atoms with van der Waals surface area (Å²) in [5, 5.41) is 13.4. The number of aliphatic hydroxyl groups excluding tert-OH is 1. The highest BCUT2D eigenvalue weighted by Crippen LogP contribution is 2.37. The maximum absolute atomic E-state index is 9.39. The number of thioether (sulfide) groups is 1. The fraction of sp³-hybridized carbons (Fsp3) is 1.00. The van der Waals surface area contributed by atoms with Gasteiger partial charge in [0.2, 0.25) is 0 Å². The first kappa shape index (κ1) is 13.3. The summed E-state index contributed by atoms with van der Waals surface area (Å²) in [4.78, 5) is 0. The Kier molecular flexibility index (Phi) is 5.44. The molecule has 1 aliphatic rings. The highest BCUT2D eigenvalue weighted by molar-refractivity contribution is 7.99. The quantitative estimate of drug-likeness (QED) is 0.735. The van der Waals surface area contributed by atoms with Crippen molar-refractivity contribution < 1.29 is 5.11 Å². The van der Waals surface area contributed by atoms with E-state index in [-0.39, 0.29) is 12.1 Å². The fourth-order valence-electron chi connectivity index (χ4n) is 2.09. The number of aliphatic hydroxyl groups is 1. The van der Waals surface area contributed by atoms with E-state index in [1.165, 1.54) is 18.6 Å². The second kappa shape index (κ2) is 6.12. The molecule has 0 saturated heterocycles. The van der Waals surface area contributed by atoms with Gasteiger partial charge < -0.3 is 10.4 Å².